The molecule has 3 aromatic rings. The van der Waals surface area contributed by atoms with Gasteiger partial charge in [0, 0.05) is 23.0 Å². The number of aromatic nitrogens is 3. The highest BCUT2D eigenvalue weighted by Crippen LogP contribution is 2.26. The molecule has 2 N–H and O–H groups in total. The SMILES string of the molecule is CCc1cc(C(=O)O)nc2cc(-c3cc(NC(=O)OCC(C)C)ccc3F)nn12. The van der Waals surface area contributed by atoms with E-state index in [-0.39, 0.29) is 29.5 Å². The Balaban J connectivity index is 1.96. The summed E-state index contributed by atoms with van der Waals surface area (Å²) in [4.78, 5) is 27.2. The van der Waals surface area contributed by atoms with Crippen LogP contribution in [0.4, 0.5) is 14.9 Å². The molecule has 3 rings (SSSR count). The maximum absolute atomic E-state index is 14.5. The summed E-state index contributed by atoms with van der Waals surface area (Å²) >= 11 is 0. The summed E-state index contributed by atoms with van der Waals surface area (Å²) in [6.07, 6.45) is -0.112. The molecule has 8 nitrogen and oxygen atoms in total. The van der Waals surface area contributed by atoms with Crippen LogP contribution in [-0.2, 0) is 11.2 Å². The Morgan fingerprint density at radius 1 is 1.28 bits per heavy atom. The number of aromatic carboxylic acids is 1. The highest BCUT2D eigenvalue weighted by molar-refractivity contribution is 5.87. The van der Waals surface area contributed by atoms with Gasteiger partial charge in [0.15, 0.2) is 11.3 Å². The van der Waals surface area contributed by atoms with Crippen molar-refractivity contribution >= 4 is 23.4 Å². The van der Waals surface area contributed by atoms with E-state index >= 15 is 0 Å². The number of carbonyl (C=O) groups is 2. The summed E-state index contributed by atoms with van der Waals surface area (Å²) in [7, 11) is 0. The van der Waals surface area contributed by atoms with Crippen LogP contribution in [0.3, 0.4) is 0 Å². The molecule has 1 amide bonds. The fraction of sp³-hybridized carbons (Fsp3) is 0.300. The predicted molar refractivity (Wildman–Crippen MR) is 105 cm³/mol. The number of nitrogens with one attached hydrogen (secondary N) is 1. The number of carbonyl (C=O) groups excluding carboxylic acids is 1. The second kappa shape index (κ2) is 8.26. The van der Waals surface area contributed by atoms with Gasteiger partial charge in [0.05, 0.1) is 12.3 Å². The van der Waals surface area contributed by atoms with E-state index in [2.05, 4.69) is 15.4 Å². The third kappa shape index (κ3) is 4.50. The molecule has 0 aliphatic rings. The zero-order valence-electron chi connectivity index (χ0n) is 16.3. The molecule has 0 fully saturated rings. The summed E-state index contributed by atoms with van der Waals surface area (Å²) in [5, 5.41) is 16.2. The number of halogens is 1. The molecule has 0 unspecified atom stereocenters. The first-order valence-corrected chi connectivity index (χ1v) is 9.15. The average molecular weight is 400 g/mol. The Kier molecular flexibility index (Phi) is 5.76. The molecule has 0 radical (unpaired) electrons. The minimum Gasteiger partial charge on any atom is -0.477 e. The Labute approximate surface area is 166 Å². The molecule has 0 aliphatic carbocycles. The number of anilines is 1. The number of fused-ring (bicyclic) bond motifs is 1. The first kappa shape index (κ1) is 20.2. The number of aryl methyl sites for hydroxylation is 1. The number of carboxylic acid groups (broad SMARTS) is 1. The molecule has 0 bridgehead atoms. The van der Waals surface area contributed by atoms with E-state index in [1.807, 2.05) is 20.8 Å². The predicted octanol–water partition coefficient (Wildman–Crippen LogP) is 4.00. The van der Waals surface area contributed by atoms with E-state index in [0.29, 0.717) is 23.4 Å². The lowest BCUT2D eigenvalue weighted by molar-refractivity contribution is 0.0690. The lowest BCUT2D eigenvalue weighted by atomic mass is 10.1. The van der Waals surface area contributed by atoms with Crippen molar-refractivity contribution in [1.82, 2.24) is 14.6 Å². The molecule has 2 heterocycles. The molecule has 29 heavy (non-hydrogen) atoms. The van der Waals surface area contributed by atoms with Crippen molar-refractivity contribution in [2.45, 2.75) is 27.2 Å². The molecular formula is C20H21FN4O4. The summed E-state index contributed by atoms with van der Waals surface area (Å²) < 4.78 is 21.0. The van der Waals surface area contributed by atoms with E-state index < -0.39 is 17.9 Å². The first-order chi connectivity index (χ1) is 13.8. The minimum atomic E-state index is -1.15. The molecule has 0 saturated heterocycles. The van der Waals surface area contributed by atoms with E-state index in [1.54, 1.807) is 0 Å². The van der Waals surface area contributed by atoms with E-state index in [4.69, 9.17) is 4.74 Å². The minimum absolute atomic E-state index is 0.107. The van der Waals surface area contributed by atoms with E-state index in [1.165, 1.54) is 34.8 Å². The van der Waals surface area contributed by atoms with Crippen molar-refractivity contribution < 1.29 is 23.8 Å². The van der Waals surface area contributed by atoms with Crippen LogP contribution in [0.15, 0.2) is 30.3 Å². The number of nitrogens with zero attached hydrogens (tertiary/aromatic N) is 3. The second-order valence-electron chi connectivity index (χ2n) is 6.90. The number of benzene rings is 1. The average Bonchev–Trinajstić information content (AvgIpc) is 3.11. The maximum Gasteiger partial charge on any atom is 0.411 e. The van der Waals surface area contributed by atoms with Gasteiger partial charge < -0.3 is 9.84 Å². The van der Waals surface area contributed by atoms with Gasteiger partial charge >= 0.3 is 12.1 Å². The molecule has 0 atom stereocenters. The second-order valence-corrected chi connectivity index (χ2v) is 6.90. The summed E-state index contributed by atoms with van der Waals surface area (Å²) in [5.74, 6) is -1.49. The lowest BCUT2D eigenvalue weighted by Crippen LogP contribution is -2.16. The Morgan fingerprint density at radius 2 is 2.03 bits per heavy atom. The van der Waals surface area contributed by atoms with E-state index in [9.17, 15) is 19.1 Å². The quantitative estimate of drug-likeness (QED) is 0.648. The molecule has 152 valence electrons. The maximum atomic E-state index is 14.5. The van der Waals surface area contributed by atoms with Crippen molar-refractivity contribution in [3.05, 3.63) is 47.5 Å². The van der Waals surface area contributed by atoms with Gasteiger partial charge in [0.25, 0.3) is 0 Å². The van der Waals surface area contributed by atoms with Crippen LogP contribution in [0.25, 0.3) is 16.9 Å². The van der Waals surface area contributed by atoms with Crippen LogP contribution in [0.2, 0.25) is 0 Å². The van der Waals surface area contributed by atoms with Crippen molar-refractivity contribution in [2.75, 3.05) is 11.9 Å². The van der Waals surface area contributed by atoms with Crippen LogP contribution in [0.1, 0.15) is 37.0 Å². The van der Waals surface area contributed by atoms with E-state index in [0.717, 1.165) is 0 Å². The van der Waals surface area contributed by atoms with Gasteiger partial charge in [-0.25, -0.2) is 23.5 Å². The standard InChI is InChI=1S/C20H21FN4O4/c1-4-13-8-17(19(26)27)23-18-9-16(24-25(13)18)14-7-12(5-6-15(14)21)22-20(28)29-10-11(2)3/h5-9,11H,4,10H2,1-3H3,(H,22,28)(H,26,27). The fourth-order valence-electron chi connectivity index (χ4n) is 2.73. The molecule has 9 heteroatoms. The summed E-state index contributed by atoms with van der Waals surface area (Å²) in [5.41, 5.74) is 1.59. The number of carboxylic acids is 1. The van der Waals surface area contributed by atoms with Crippen molar-refractivity contribution in [3.63, 3.8) is 0 Å². The van der Waals surface area contributed by atoms with Crippen LogP contribution < -0.4 is 5.32 Å². The Bertz CT molecular complexity index is 1080. The van der Waals surface area contributed by atoms with Crippen LogP contribution in [0, 0.1) is 11.7 Å². The van der Waals surface area contributed by atoms with Gasteiger partial charge in [-0.3, -0.25) is 5.32 Å². The number of amides is 1. The van der Waals surface area contributed by atoms with Gasteiger partial charge in [-0.15, -0.1) is 0 Å². The molecule has 0 spiro atoms. The topological polar surface area (TPSA) is 106 Å². The summed E-state index contributed by atoms with van der Waals surface area (Å²) in [6, 6.07) is 7.02. The van der Waals surface area contributed by atoms with Gasteiger partial charge in [0.2, 0.25) is 0 Å². The number of rotatable bonds is 6. The zero-order chi connectivity index (χ0) is 21.1. The first-order valence-electron chi connectivity index (χ1n) is 9.15. The Hall–Kier alpha value is -3.49. The fourth-order valence-corrected chi connectivity index (χ4v) is 2.73. The largest absolute Gasteiger partial charge is 0.477 e. The normalized spacial score (nSPS) is 11.1. The monoisotopic (exact) mass is 400 g/mol. The van der Waals surface area contributed by atoms with Crippen LogP contribution in [0.5, 0.6) is 0 Å². The van der Waals surface area contributed by atoms with Gasteiger partial charge in [-0.2, -0.15) is 5.10 Å². The van der Waals surface area contributed by atoms with Gasteiger partial charge in [0.1, 0.15) is 5.82 Å². The zero-order valence-corrected chi connectivity index (χ0v) is 16.3. The molecule has 0 saturated carbocycles. The summed E-state index contributed by atoms with van der Waals surface area (Å²) in [6.45, 7) is 5.96. The third-order valence-corrected chi connectivity index (χ3v) is 4.12. The van der Waals surface area contributed by atoms with Gasteiger partial charge in [-0.05, 0) is 36.6 Å². The highest BCUT2D eigenvalue weighted by atomic mass is 19.1. The van der Waals surface area contributed by atoms with Crippen molar-refractivity contribution in [2.24, 2.45) is 5.92 Å². The number of hydrogen-bond donors (Lipinski definition) is 2. The Morgan fingerprint density at radius 3 is 2.69 bits per heavy atom. The van der Waals surface area contributed by atoms with Crippen molar-refractivity contribution in [3.8, 4) is 11.3 Å². The molecular weight excluding hydrogens is 379 g/mol. The highest BCUT2D eigenvalue weighted by Gasteiger charge is 2.16. The van der Waals surface area contributed by atoms with Crippen molar-refractivity contribution in [1.29, 1.82) is 0 Å². The smallest absolute Gasteiger partial charge is 0.411 e. The number of hydrogen-bond acceptors (Lipinski definition) is 5. The molecule has 2 aromatic heterocycles. The van der Waals surface area contributed by atoms with Crippen LogP contribution >= 0.6 is 0 Å². The third-order valence-electron chi connectivity index (χ3n) is 4.12. The molecule has 1 aromatic carbocycles. The van der Waals surface area contributed by atoms with Crippen LogP contribution in [-0.4, -0.2) is 38.4 Å². The number of ether oxygens (including phenoxy) is 1. The molecule has 0 aliphatic heterocycles. The lowest BCUT2D eigenvalue weighted by Gasteiger charge is -2.10. The van der Waals surface area contributed by atoms with Gasteiger partial charge in [-0.1, -0.05) is 20.8 Å².